The van der Waals surface area contributed by atoms with Crippen LogP contribution in [-0.4, -0.2) is 53.7 Å². The van der Waals surface area contributed by atoms with Crippen LogP contribution in [0.5, 0.6) is 11.5 Å². The van der Waals surface area contributed by atoms with Gasteiger partial charge in [-0.25, -0.2) is 14.4 Å². The number of hydrogen-bond donors (Lipinski definition) is 0. The quantitative estimate of drug-likeness (QED) is 0.382. The van der Waals surface area contributed by atoms with Crippen molar-refractivity contribution in [2.75, 3.05) is 37.9 Å². The minimum atomic E-state index is -0.325. The van der Waals surface area contributed by atoms with Crippen LogP contribution in [0.1, 0.15) is 27.2 Å². The number of fused-ring (bicyclic) bond motifs is 1. The first-order valence-electron chi connectivity index (χ1n) is 12.7. The summed E-state index contributed by atoms with van der Waals surface area (Å²) in [6.07, 6.45) is 0.682. The van der Waals surface area contributed by atoms with Gasteiger partial charge in [0.05, 0.1) is 0 Å². The lowest BCUT2D eigenvalue weighted by molar-refractivity contribution is 0.0746. The standard InChI is InChI=1S/C30H27FN4O3/c1-20-25(16-21-6-3-2-4-7-21)29(33-28(32-20)22-8-5-9-24(31)17-22)34-12-14-35(15-13-34)30(36)23-10-11-26-27(18-23)38-19-37-26/h2-11,17-18H,12-16,19H2,1H3. The van der Waals surface area contributed by atoms with Crippen molar-refractivity contribution in [3.8, 4) is 22.9 Å². The molecule has 1 aromatic heterocycles. The van der Waals surface area contributed by atoms with E-state index >= 15 is 0 Å². The van der Waals surface area contributed by atoms with Crippen molar-refractivity contribution in [1.82, 2.24) is 14.9 Å². The minimum Gasteiger partial charge on any atom is -0.454 e. The molecule has 7 nitrogen and oxygen atoms in total. The molecule has 8 heteroatoms. The smallest absolute Gasteiger partial charge is 0.254 e. The van der Waals surface area contributed by atoms with E-state index in [1.54, 1.807) is 24.3 Å². The van der Waals surface area contributed by atoms with Gasteiger partial charge in [-0.15, -0.1) is 0 Å². The number of benzene rings is 3. The number of nitrogens with zero attached hydrogens (tertiary/aromatic N) is 4. The monoisotopic (exact) mass is 510 g/mol. The summed E-state index contributed by atoms with van der Waals surface area (Å²) < 4.78 is 24.8. The van der Waals surface area contributed by atoms with Crippen LogP contribution >= 0.6 is 0 Å². The van der Waals surface area contributed by atoms with Gasteiger partial charge < -0.3 is 19.3 Å². The summed E-state index contributed by atoms with van der Waals surface area (Å²) in [5.74, 6) is 2.22. The highest BCUT2D eigenvalue weighted by Crippen LogP contribution is 2.33. The number of carbonyl (C=O) groups excluding carboxylic acids is 1. The van der Waals surface area contributed by atoms with E-state index in [1.165, 1.54) is 12.1 Å². The maximum atomic E-state index is 14.0. The van der Waals surface area contributed by atoms with Gasteiger partial charge in [-0.05, 0) is 42.8 Å². The molecule has 6 rings (SSSR count). The number of ether oxygens (including phenoxy) is 2. The van der Waals surface area contributed by atoms with Gasteiger partial charge in [-0.1, -0.05) is 42.5 Å². The predicted octanol–water partition coefficient (Wildman–Crippen LogP) is 4.87. The van der Waals surface area contributed by atoms with Crippen molar-refractivity contribution < 1.29 is 18.7 Å². The molecule has 192 valence electrons. The van der Waals surface area contributed by atoms with Crippen LogP contribution in [0.25, 0.3) is 11.4 Å². The van der Waals surface area contributed by atoms with E-state index in [0.717, 1.165) is 22.6 Å². The molecule has 0 radical (unpaired) electrons. The number of carbonyl (C=O) groups is 1. The summed E-state index contributed by atoms with van der Waals surface area (Å²) >= 11 is 0. The predicted molar refractivity (Wildman–Crippen MR) is 142 cm³/mol. The minimum absolute atomic E-state index is 0.0354. The maximum absolute atomic E-state index is 14.0. The van der Waals surface area contributed by atoms with Crippen molar-refractivity contribution in [1.29, 1.82) is 0 Å². The molecule has 0 spiro atoms. The van der Waals surface area contributed by atoms with Crippen LogP contribution in [0.2, 0.25) is 0 Å². The Morgan fingerprint density at radius 2 is 1.68 bits per heavy atom. The summed E-state index contributed by atoms with van der Waals surface area (Å²) in [6, 6.07) is 21.9. The van der Waals surface area contributed by atoms with Crippen molar-refractivity contribution >= 4 is 11.7 Å². The average Bonchev–Trinajstić information content (AvgIpc) is 3.42. The van der Waals surface area contributed by atoms with Crippen LogP contribution in [0.15, 0.2) is 72.8 Å². The molecule has 0 aliphatic carbocycles. The number of amides is 1. The van der Waals surface area contributed by atoms with Crippen LogP contribution in [-0.2, 0) is 6.42 Å². The highest BCUT2D eigenvalue weighted by molar-refractivity contribution is 5.95. The molecule has 0 bridgehead atoms. The fourth-order valence-electron chi connectivity index (χ4n) is 4.94. The van der Waals surface area contributed by atoms with Gasteiger partial charge in [-0.3, -0.25) is 4.79 Å². The molecule has 1 amide bonds. The third kappa shape index (κ3) is 4.77. The number of aryl methyl sites for hydroxylation is 1. The highest BCUT2D eigenvalue weighted by Gasteiger charge is 2.27. The fraction of sp³-hybridized carbons (Fsp3) is 0.233. The van der Waals surface area contributed by atoms with E-state index in [0.29, 0.717) is 61.1 Å². The van der Waals surface area contributed by atoms with Crippen molar-refractivity contribution in [3.05, 3.63) is 101 Å². The summed E-state index contributed by atoms with van der Waals surface area (Å²) in [5.41, 5.74) is 4.27. The summed E-state index contributed by atoms with van der Waals surface area (Å²) in [6.45, 7) is 4.50. The average molecular weight is 511 g/mol. The Kier molecular flexibility index (Phi) is 6.37. The first kappa shape index (κ1) is 23.9. The second-order valence-corrected chi connectivity index (χ2v) is 9.45. The number of anilines is 1. The lowest BCUT2D eigenvalue weighted by atomic mass is 10.0. The molecule has 1 saturated heterocycles. The Hall–Kier alpha value is -4.46. The van der Waals surface area contributed by atoms with Crippen molar-refractivity contribution in [3.63, 3.8) is 0 Å². The van der Waals surface area contributed by atoms with Gasteiger partial charge in [0.15, 0.2) is 17.3 Å². The second-order valence-electron chi connectivity index (χ2n) is 9.45. The van der Waals surface area contributed by atoms with Crippen LogP contribution in [0.3, 0.4) is 0 Å². The molecular weight excluding hydrogens is 483 g/mol. The lowest BCUT2D eigenvalue weighted by Crippen LogP contribution is -2.49. The Bertz CT molecular complexity index is 1490. The third-order valence-corrected chi connectivity index (χ3v) is 6.98. The molecule has 1 fully saturated rings. The molecule has 2 aliphatic heterocycles. The van der Waals surface area contributed by atoms with Gasteiger partial charge >= 0.3 is 0 Å². The number of piperazine rings is 1. The molecule has 3 heterocycles. The Balaban J connectivity index is 1.27. The SMILES string of the molecule is Cc1nc(-c2cccc(F)c2)nc(N2CCN(C(=O)c3ccc4c(c3)OCO4)CC2)c1Cc1ccccc1. The Morgan fingerprint density at radius 3 is 2.47 bits per heavy atom. The molecule has 3 aromatic carbocycles. The summed E-state index contributed by atoms with van der Waals surface area (Å²) in [5, 5.41) is 0. The molecule has 0 saturated carbocycles. The van der Waals surface area contributed by atoms with Gasteiger partial charge in [0.25, 0.3) is 5.91 Å². The third-order valence-electron chi connectivity index (χ3n) is 6.98. The molecule has 2 aliphatic rings. The number of rotatable bonds is 5. The first-order valence-corrected chi connectivity index (χ1v) is 12.7. The molecule has 38 heavy (non-hydrogen) atoms. The summed E-state index contributed by atoms with van der Waals surface area (Å²) in [4.78, 5) is 27.0. The van der Waals surface area contributed by atoms with E-state index in [-0.39, 0.29) is 18.5 Å². The zero-order valence-electron chi connectivity index (χ0n) is 21.1. The van der Waals surface area contributed by atoms with E-state index < -0.39 is 0 Å². The van der Waals surface area contributed by atoms with E-state index in [1.807, 2.05) is 36.1 Å². The normalized spacial score (nSPS) is 14.6. The highest BCUT2D eigenvalue weighted by atomic mass is 19.1. The fourth-order valence-corrected chi connectivity index (χ4v) is 4.94. The summed E-state index contributed by atoms with van der Waals surface area (Å²) in [7, 11) is 0. The van der Waals surface area contributed by atoms with Crippen LogP contribution < -0.4 is 14.4 Å². The largest absolute Gasteiger partial charge is 0.454 e. The van der Waals surface area contributed by atoms with Crippen LogP contribution in [0.4, 0.5) is 10.2 Å². The Morgan fingerprint density at radius 1 is 0.895 bits per heavy atom. The molecule has 4 aromatic rings. The zero-order valence-corrected chi connectivity index (χ0v) is 21.1. The first-order chi connectivity index (χ1) is 18.5. The van der Waals surface area contributed by atoms with Crippen LogP contribution in [0, 0.1) is 12.7 Å². The molecule has 0 atom stereocenters. The molecule has 0 N–H and O–H groups in total. The molecular formula is C30H27FN4O3. The van der Waals surface area contributed by atoms with Gasteiger partial charge in [0, 0.05) is 55.0 Å². The van der Waals surface area contributed by atoms with Crippen molar-refractivity contribution in [2.24, 2.45) is 0 Å². The van der Waals surface area contributed by atoms with E-state index in [2.05, 4.69) is 17.0 Å². The van der Waals surface area contributed by atoms with E-state index in [4.69, 9.17) is 19.4 Å². The number of hydrogen-bond acceptors (Lipinski definition) is 6. The Labute approximate surface area is 220 Å². The number of halogens is 1. The maximum Gasteiger partial charge on any atom is 0.254 e. The zero-order chi connectivity index (χ0) is 26.1. The topological polar surface area (TPSA) is 67.8 Å². The second kappa shape index (κ2) is 10.1. The van der Waals surface area contributed by atoms with Gasteiger partial charge in [0.1, 0.15) is 11.6 Å². The number of aromatic nitrogens is 2. The van der Waals surface area contributed by atoms with Gasteiger partial charge in [0.2, 0.25) is 6.79 Å². The van der Waals surface area contributed by atoms with Gasteiger partial charge in [-0.2, -0.15) is 0 Å². The van der Waals surface area contributed by atoms with Crippen molar-refractivity contribution in [2.45, 2.75) is 13.3 Å². The lowest BCUT2D eigenvalue weighted by Gasteiger charge is -2.36. The van der Waals surface area contributed by atoms with E-state index in [9.17, 15) is 9.18 Å². The molecule has 0 unspecified atom stereocenters.